The first-order chi connectivity index (χ1) is 15.9. The number of ketones is 1. The monoisotopic (exact) mass is 459 g/mol. The van der Waals surface area contributed by atoms with Gasteiger partial charge in [-0.15, -0.1) is 0 Å². The van der Waals surface area contributed by atoms with Gasteiger partial charge in [0.05, 0.1) is 11.6 Å². The predicted molar refractivity (Wildman–Crippen MR) is 126 cm³/mol. The lowest BCUT2D eigenvalue weighted by molar-refractivity contribution is -0.140. The summed E-state index contributed by atoms with van der Waals surface area (Å²) in [5.41, 5.74) is 3.05. The summed E-state index contributed by atoms with van der Waals surface area (Å²) in [5, 5.41) is 11.8. The molecule has 2 aliphatic rings. The molecule has 3 aromatic carbocycles. The molecule has 0 aromatic heterocycles. The summed E-state index contributed by atoms with van der Waals surface area (Å²) in [6, 6.07) is 21.1. The highest BCUT2D eigenvalue weighted by atomic mass is 35.5. The number of likely N-dealkylation sites (tertiary alicyclic amines) is 1. The van der Waals surface area contributed by atoms with E-state index in [0.717, 1.165) is 23.3 Å². The van der Waals surface area contributed by atoms with E-state index in [1.807, 2.05) is 49.4 Å². The van der Waals surface area contributed by atoms with Gasteiger partial charge in [-0.1, -0.05) is 54.1 Å². The van der Waals surface area contributed by atoms with Gasteiger partial charge >= 0.3 is 0 Å². The maximum absolute atomic E-state index is 13.2. The van der Waals surface area contributed by atoms with E-state index >= 15 is 0 Å². The molecule has 3 aromatic rings. The predicted octanol–water partition coefficient (Wildman–Crippen LogP) is 5.29. The summed E-state index contributed by atoms with van der Waals surface area (Å²) in [4.78, 5) is 27.8. The van der Waals surface area contributed by atoms with Crippen LogP contribution in [0.3, 0.4) is 0 Å². The van der Waals surface area contributed by atoms with Crippen LogP contribution in [0, 0.1) is 0 Å². The second-order valence-corrected chi connectivity index (χ2v) is 8.86. The number of rotatable bonds is 4. The molecule has 1 saturated heterocycles. The Morgan fingerprint density at radius 1 is 1.06 bits per heavy atom. The standard InChI is InChI=1S/C27H22ClNO4/c1-16-12-20-13-19(10-11-22(20)33-16)25(30)23-24(18-8-5-9-21(28)14-18)29(27(32)26(23)31)15-17-6-3-2-4-7-17/h2-11,13-14,16,24,30H,12,15H2,1H3/b25-23-. The van der Waals surface area contributed by atoms with Gasteiger partial charge in [0.1, 0.15) is 17.6 Å². The molecule has 2 atom stereocenters. The largest absolute Gasteiger partial charge is 0.507 e. The Kier molecular flexibility index (Phi) is 5.43. The van der Waals surface area contributed by atoms with Gasteiger partial charge in [-0.2, -0.15) is 0 Å². The van der Waals surface area contributed by atoms with Gasteiger partial charge in [-0.3, -0.25) is 9.59 Å². The van der Waals surface area contributed by atoms with Crippen LogP contribution in [0.1, 0.15) is 35.2 Å². The number of fused-ring (bicyclic) bond motifs is 1. The summed E-state index contributed by atoms with van der Waals surface area (Å²) in [5.74, 6) is -0.784. The number of ether oxygens (including phenoxy) is 1. The van der Waals surface area contributed by atoms with Gasteiger partial charge < -0.3 is 14.7 Å². The molecule has 1 amide bonds. The molecule has 166 valence electrons. The molecule has 0 spiro atoms. The number of Topliss-reactive ketones (excluding diaryl/α,β-unsaturated/α-hetero) is 1. The number of nitrogens with zero attached hydrogens (tertiary/aromatic N) is 1. The van der Waals surface area contributed by atoms with Crippen LogP contribution in [-0.2, 0) is 22.6 Å². The Morgan fingerprint density at radius 3 is 2.61 bits per heavy atom. The minimum Gasteiger partial charge on any atom is -0.507 e. The van der Waals surface area contributed by atoms with Crippen molar-refractivity contribution in [1.82, 2.24) is 4.90 Å². The molecule has 0 saturated carbocycles. The number of halogens is 1. The maximum Gasteiger partial charge on any atom is 0.295 e. The van der Waals surface area contributed by atoms with E-state index in [2.05, 4.69) is 0 Å². The molecule has 2 aliphatic heterocycles. The van der Waals surface area contributed by atoms with Crippen LogP contribution in [0.4, 0.5) is 0 Å². The zero-order valence-corrected chi connectivity index (χ0v) is 18.8. The topological polar surface area (TPSA) is 66.8 Å². The van der Waals surface area contributed by atoms with Crippen molar-refractivity contribution in [2.75, 3.05) is 0 Å². The van der Waals surface area contributed by atoms with Gasteiger partial charge in [-0.25, -0.2) is 0 Å². The van der Waals surface area contributed by atoms with E-state index in [9.17, 15) is 14.7 Å². The van der Waals surface area contributed by atoms with Crippen LogP contribution >= 0.6 is 11.6 Å². The fourth-order valence-corrected chi connectivity index (χ4v) is 4.77. The first-order valence-corrected chi connectivity index (χ1v) is 11.2. The second kappa shape index (κ2) is 8.41. The van der Waals surface area contributed by atoms with Crippen LogP contribution in [0.5, 0.6) is 5.75 Å². The van der Waals surface area contributed by atoms with Crippen LogP contribution in [-0.4, -0.2) is 27.8 Å². The molecular formula is C27H22ClNO4. The van der Waals surface area contributed by atoms with Crippen molar-refractivity contribution in [2.24, 2.45) is 0 Å². The molecule has 2 heterocycles. The van der Waals surface area contributed by atoms with Crippen molar-refractivity contribution in [3.63, 3.8) is 0 Å². The quantitative estimate of drug-likeness (QED) is 0.327. The van der Waals surface area contributed by atoms with E-state index in [1.54, 1.807) is 30.3 Å². The summed E-state index contributed by atoms with van der Waals surface area (Å²) in [7, 11) is 0. The van der Waals surface area contributed by atoms with Crippen molar-refractivity contribution in [3.05, 3.63) is 106 Å². The summed E-state index contributed by atoms with van der Waals surface area (Å²) < 4.78 is 5.75. The van der Waals surface area contributed by atoms with E-state index in [0.29, 0.717) is 16.1 Å². The molecule has 6 heteroatoms. The zero-order valence-electron chi connectivity index (χ0n) is 18.0. The van der Waals surface area contributed by atoms with Crippen molar-refractivity contribution < 1.29 is 19.4 Å². The van der Waals surface area contributed by atoms with Crippen LogP contribution in [0.25, 0.3) is 5.76 Å². The second-order valence-electron chi connectivity index (χ2n) is 8.42. The third-order valence-corrected chi connectivity index (χ3v) is 6.30. The molecule has 0 bridgehead atoms. The molecule has 1 fully saturated rings. The average molecular weight is 460 g/mol. The van der Waals surface area contributed by atoms with Gasteiger partial charge in [0, 0.05) is 23.6 Å². The highest BCUT2D eigenvalue weighted by Gasteiger charge is 2.46. The van der Waals surface area contributed by atoms with Gasteiger partial charge in [0.15, 0.2) is 0 Å². The number of carbonyl (C=O) groups is 2. The number of aliphatic hydroxyl groups excluding tert-OH is 1. The number of carbonyl (C=O) groups excluding carboxylic acids is 2. The van der Waals surface area contributed by atoms with Crippen LogP contribution < -0.4 is 4.74 Å². The Balaban J connectivity index is 1.64. The molecule has 2 unspecified atom stereocenters. The summed E-state index contributed by atoms with van der Waals surface area (Å²) >= 11 is 6.25. The first-order valence-electron chi connectivity index (χ1n) is 10.8. The third-order valence-electron chi connectivity index (χ3n) is 6.07. The fraction of sp³-hybridized carbons (Fsp3) is 0.185. The Morgan fingerprint density at radius 2 is 1.85 bits per heavy atom. The SMILES string of the molecule is CC1Cc2cc(/C(O)=C3/C(=O)C(=O)N(Cc4ccccc4)C3c3cccc(Cl)c3)ccc2O1. The van der Waals surface area contributed by atoms with Crippen LogP contribution in [0.2, 0.25) is 5.02 Å². The van der Waals surface area contributed by atoms with Crippen molar-refractivity contribution >= 4 is 29.1 Å². The smallest absolute Gasteiger partial charge is 0.295 e. The van der Waals surface area contributed by atoms with Crippen molar-refractivity contribution in [1.29, 1.82) is 0 Å². The lowest BCUT2D eigenvalue weighted by Crippen LogP contribution is -2.29. The average Bonchev–Trinajstić information content (AvgIpc) is 3.30. The summed E-state index contributed by atoms with van der Waals surface area (Å²) in [6.45, 7) is 2.21. The molecule has 5 rings (SSSR count). The number of benzene rings is 3. The molecular weight excluding hydrogens is 438 g/mol. The van der Waals surface area contributed by atoms with Crippen LogP contribution in [0.15, 0.2) is 78.4 Å². The minimum atomic E-state index is -0.757. The number of amides is 1. The fourth-order valence-electron chi connectivity index (χ4n) is 4.57. The lowest BCUT2D eigenvalue weighted by Gasteiger charge is -2.25. The molecule has 33 heavy (non-hydrogen) atoms. The van der Waals surface area contributed by atoms with Crippen molar-refractivity contribution in [2.45, 2.75) is 32.0 Å². The highest BCUT2D eigenvalue weighted by Crippen LogP contribution is 2.41. The van der Waals surface area contributed by atoms with Gasteiger partial charge in [-0.05, 0) is 53.9 Å². The van der Waals surface area contributed by atoms with E-state index in [1.165, 1.54) is 4.90 Å². The lowest BCUT2D eigenvalue weighted by atomic mass is 9.94. The Labute approximate surface area is 196 Å². The van der Waals surface area contributed by atoms with E-state index in [-0.39, 0.29) is 24.0 Å². The van der Waals surface area contributed by atoms with Gasteiger partial charge in [0.25, 0.3) is 11.7 Å². The van der Waals surface area contributed by atoms with Crippen molar-refractivity contribution in [3.8, 4) is 5.75 Å². The minimum absolute atomic E-state index is 0.0558. The Bertz CT molecular complexity index is 1280. The summed E-state index contributed by atoms with van der Waals surface area (Å²) in [6.07, 6.45) is 0.775. The van der Waals surface area contributed by atoms with E-state index in [4.69, 9.17) is 16.3 Å². The van der Waals surface area contributed by atoms with E-state index < -0.39 is 17.7 Å². The Hall–Kier alpha value is -3.57. The molecule has 0 aliphatic carbocycles. The molecule has 5 nitrogen and oxygen atoms in total. The zero-order chi connectivity index (χ0) is 23.1. The first kappa shape index (κ1) is 21.3. The number of hydrogen-bond acceptors (Lipinski definition) is 4. The third kappa shape index (κ3) is 3.89. The number of aliphatic hydroxyl groups is 1. The molecule has 0 radical (unpaired) electrons. The normalized spacial score (nSPS) is 21.2. The maximum atomic E-state index is 13.2. The van der Waals surface area contributed by atoms with Gasteiger partial charge in [0.2, 0.25) is 0 Å². The number of hydrogen-bond donors (Lipinski definition) is 1. The highest BCUT2D eigenvalue weighted by molar-refractivity contribution is 6.46. The molecule has 1 N–H and O–H groups in total.